The van der Waals surface area contributed by atoms with Crippen molar-refractivity contribution in [3.05, 3.63) is 29.3 Å². The Morgan fingerprint density at radius 3 is 2.14 bits per heavy atom. The van der Waals surface area contributed by atoms with Crippen LogP contribution in [-0.2, 0) is 0 Å². The summed E-state index contributed by atoms with van der Waals surface area (Å²) >= 11 is 0. The normalized spacial score (nSPS) is 25.3. The van der Waals surface area contributed by atoms with E-state index in [9.17, 15) is 9.59 Å². The molecule has 21 heavy (non-hydrogen) atoms. The van der Waals surface area contributed by atoms with Gasteiger partial charge in [0.2, 0.25) is 11.8 Å². The van der Waals surface area contributed by atoms with Crippen LogP contribution < -0.4 is 16.8 Å². The van der Waals surface area contributed by atoms with E-state index in [0.29, 0.717) is 29.0 Å². The monoisotopic (exact) mass is 289 g/mol. The summed E-state index contributed by atoms with van der Waals surface area (Å²) in [6.07, 6.45) is 3.50. The first-order valence-corrected chi connectivity index (χ1v) is 7.38. The molecule has 0 heterocycles. The highest BCUT2D eigenvalue weighted by molar-refractivity contribution is 5.99. The molecule has 0 spiro atoms. The molecule has 5 heteroatoms. The summed E-state index contributed by atoms with van der Waals surface area (Å²) in [5.74, 6) is 0.0986. The number of nitrogens with one attached hydrogen (secondary N) is 1. The zero-order chi connectivity index (χ0) is 15.6. The molecule has 0 bridgehead atoms. The number of hydrogen-bond acceptors (Lipinski definition) is 3. The highest BCUT2D eigenvalue weighted by Crippen LogP contribution is 2.31. The maximum absolute atomic E-state index is 11.4. The van der Waals surface area contributed by atoms with Gasteiger partial charge in [-0.05, 0) is 42.9 Å². The summed E-state index contributed by atoms with van der Waals surface area (Å²) < 4.78 is 0. The number of rotatable bonds is 4. The third-order valence-corrected chi connectivity index (χ3v) is 4.31. The molecule has 1 saturated carbocycles. The molecular weight excluding hydrogens is 266 g/mol. The number of benzene rings is 1. The molecule has 1 aromatic carbocycles. The minimum Gasteiger partial charge on any atom is -0.382 e. The third kappa shape index (κ3) is 3.74. The fourth-order valence-corrected chi connectivity index (χ4v) is 2.94. The molecular formula is C16H23N3O2. The summed E-state index contributed by atoms with van der Waals surface area (Å²) in [6, 6.07) is 5.13. The quantitative estimate of drug-likeness (QED) is 0.791. The molecule has 5 N–H and O–H groups in total. The average Bonchev–Trinajstić information content (AvgIpc) is 2.42. The van der Waals surface area contributed by atoms with E-state index < -0.39 is 11.8 Å². The number of anilines is 1. The summed E-state index contributed by atoms with van der Waals surface area (Å²) in [5, 5.41) is 3.44. The van der Waals surface area contributed by atoms with Crippen molar-refractivity contribution in [1.82, 2.24) is 0 Å². The van der Waals surface area contributed by atoms with Gasteiger partial charge in [-0.1, -0.05) is 20.3 Å². The number of primary amides is 2. The molecule has 1 aliphatic carbocycles. The second kappa shape index (κ2) is 6.16. The molecule has 5 nitrogen and oxygen atoms in total. The van der Waals surface area contributed by atoms with Crippen molar-refractivity contribution in [1.29, 1.82) is 0 Å². The van der Waals surface area contributed by atoms with Gasteiger partial charge >= 0.3 is 0 Å². The lowest BCUT2D eigenvalue weighted by atomic mass is 9.80. The SMILES string of the molecule is CC1CCC(C)C(Nc2cc(C(N)=O)cc(C(N)=O)c2)C1. The molecule has 3 atom stereocenters. The Morgan fingerprint density at radius 1 is 1.05 bits per heavy atom. The fraction of sp³-hybridized carbons (Fsp3) is 0.500. The van der Waals surface area contributed by atoms with Crippen molar-refractivity contribution in [2.45, 2.75) is 39.2 Å². The number of carbonyl (C=O) groups is 2. The van der Waals surface area contributed by atoms with E-state index >= 15 is 0 Å². The van der Waals surface area contributed by atoms with Crippen LogP contribution in [0.5, 0.6) is 0 Å². The lowest BCUT2D eigenvalue weighted by molar-refractivity contribution is 0.0999. The molecule has 1 aromatic rings. The second-order valence-electron chi connectivity index (χ2n) is 6.17. The van der Waals surface area contributed by atoms with Crippen LogP contribution in [0.15, 0.2) is 18.2 Å². The number of hydrogen-bond donors (Lipinski definition) is 3. The molecule has 0 saturated heterocycles. The Bertz CT molecular complexity index is 524. The molecule has 0 radical (unpaired) electrons. The topological polar surface area (TPSA) is 98.2 Å². The van der Waals surface area contributed by atoms with Gasteiger partial charge in [0.05, 0.1) is 0 Å². The van der Waals surface area contributed by atoms with Crippen LogP contribution in [0, 0.1) is 11.8 Å². The standard InChI is InChI=1S/C16H23N3O2/c1-9-3-4-10(2)14(5-9)19-13-7-11(15(17)20)6-12(8-13)16(18)21/h6-10,14,19H,3-5H2,1-2H3,(H2,17,20)(H2,18,21). The summed E-state index contributed by atoms with van der Waals surface area (Å²) in [6.45, 7) is 4.46. The number of carbonyl (C=O) groups excluding carboxylic acids is 2. The minimum atomic E-state index is -0.564. The van der Waals surface area contributed by atoms with E-state index in [2.05, 4.69) is 19.2 Å². The van der Waals surface area contributed by atoms with Crippen LogP contribution in [0.3, 0.4) is 0 Å². The molecule has 1 fully saturated rings. The average molecular weight is 289 g/mol. The van der Waals surface area contributed by atoms with Crippen LogP contribution in [0.1, 0.15) is 53.8 Å². The van der Waals surface area contributed by atoms with E-state index in [-0.39, 0.29) is 0 Å². The largest absolute Gasteiger partial charge is 0.382 e. The van der Waals surface area contributed by atoms with Gasteiger partial charge in [-0.15, -0.1) is 0 Å². The van der Waals surface area contributed by atoms with Crippen LogP contribution in [-0.4, -0.2) is 17.9 Å². The van der Waals surface area contributed by atoms with Crippen molar-refractivity contribution in [3.8, 4) is 0 Å². The number of nitrogens with two attached hydrogens (primary N) is 2. The first kappa shape index (κ1) is 15.4. The Labute approximate surface area is 125 Å². The molecule has 3 unspecified atom stereocenters. The zero-order valence-electron chi connectivity index (χ0n) is 12.6. The zero-order valence-corrected chi connectivity index (χ0v) is 12.6. The molecule has 114 valence electrons. The van der Waals surface area contributed by atoms with Gasteiger partial charge in [0.1, 0.15) is 0 Å². The van der Waals surface area contributed by atoms with Crippen LogP contribution in [0.25, 0.3) is 0 Å². The lowest BCUT2D eigenvalue weighted by Gasteiger charge is -2.34. The van der Waals surface area contributed by atoms with Gasteiger partial charge < -0.3 is 16.8 Å². The molecule has 2 rings (SSSR count). The van der Waals surface area contributed by atoms with Crippen LogP contribution >= 0.6 is 0 Å². The summed E-state index contributed by atoms with van der Waals surface area (Å²) in [4.78, 5) is 22.8. The van der Waals surface area contributed by atoms with E-state index in [1.54, 1.807) is 12.1 Å². The summed E-state index contributed by atoms with van der Waals surface area (Å²) in [5.41, 5.74) is 12.0. The minimum absolute atomic E-state index is 0.297. The van der Waals surface area contributed by atoms with E-state index in [0.717, 1.165) is 12.1 Å². The maximum Gasteiger partial charge on any atom is 0.248 e. The van der Waals surface area contributed by atoms with Gasteiger partial charge in [0.15, 0.2) is 0 Å². The van der Waals surface area contributed by atoms with Crippen molar-refractivity contribution in [2.75, 3.05) is 5.32 Å². The van der Waals surface area contributed by atoms with Crippen molar-refractivity contribution >= 4 is 17.5 Å². The predicted molar refractivity (Wildman–Crippen MR) is 83.1 cm³/mol. The predicted octanol–water partition coefficient (Wildman–Crippen LogP) is 2.12. The summed E-state index contributed by atoms with van der Waals surface area (Å²) in [7, 11) is 0. The molecule has 0 aromatic heterocycles. The van der Waals surface area contributed by atoms with E-state index in [4.69, 9.17) is 11.5 Å². The van der Waals surface area contributed by atoms with Gasteiger partial charge in [-0.2, -0.15) is 0 Å². The van der Waals surface area contributed by atoms with Gasteiger partial charge in [-0.25, -0.2) is 0 Å². The van der Waals surface area contributed by atoms with Crippen molar-refractivity contribution < 1.29 is 9.59 Å². The third-order valence-electron chi connectivity index (χ3n) is 4.31. The van der Waals surface area contributed by atoms with Crippen molar-refractivity contribution in [3.63, 3.8) is 0 Å². The lowest BCUT2D eigenvalue weighted by Crippen LogP contribution is -2.33. The highest BCUT2D eigenvalue weighted by Gasteiger charge is 2.25. The molecule has 2 amide bonds. The number of amides is 2. The highest BCUT2D eigenvalue weighted by atomic mass is 16.1. The molecule has 0 aliphatic heterocycles. The van der Waals surface area contributed by atoms with Gasteiger partial charge in [0.25, 0.3) is 0 Å². The Hall–Kier alpha value is -2.04. The van der Waals surface area contributed by atoms with Gasteiger partial charge in [-0.3, -0.25) is 9.59 Å². The second-order valence-corrected chi connectivity index (χ2v) is 6.17. The van der Waals surface area contributed by atoms with E-state index in [1.165, 1.54) is 18.9 Å². The first-order valence-electron chi connectivity index (χ1n) is 7.38. The van der Waals surface area contributed by atoms with Gasteiger partial charge in [0, 0.05) is 22.9 Å². The van der Waals surface area contributed by atoms with Crippen molar-refractivity contribution in [2.24, 2.45) is 23.3 Å². The Balaban J connectivity index is 2.26. The Kier molecular flexibility index (Phi) is 4.50. The first-order chi connectivity index (χ1) is 9.86. The maximum atomic E-state index is 11.4. The Morgan fingerprint density at radius 2 is 1.62 bits per heavy atom. The van der Waals surface area contributed by atoms with E-state index in [1.807, 2.05) is 0 Å². The van der Waals surface area contributed by atoms with Crippen LogP contribution in [0.4, 0.5) is 5.69 Å². The molecule has 1 aliphatic rings. The smallest absolute Gasteiger partial charge is 0.248 e. The fourth-order valence-electron chi connectivity index (χ4n) is 2.94. The van der Waals surface area contributed by atoms with Crippen LogP contribution in [0.2, 0.25) is 0 Å².